The number of amides is 1. The third-order valence-corrected chi connectivity index (χ3v) is 3.33. The topological polar surface area (TPSA) is 66.0 Å². The average Bonchev–Trinajstić information content (AvgIpc) is 3.06. The standard InChI is InChI=1S/C17H17NO5/c1-20-13-3-2-4-14(10-13)21-8-7-18-17(19)12-5-6-15-16(9-12)23-11-22-15/h2-6,9-10H,7-8,11H2,1H3,(H,18,19). The second-order valence-corrected chi connectivity index (χ2v) is 4.85. The second kappa shape index (κ2) is 6.91. The quantitative estimate of drug-likeness (QED) is 0.828. The van der Waals surface area contributed by atoms with Crippen molar-refractivity contribution in [1.29, 1.82) is 0 Å². The summed E-state index contributed by atoms with van der Waals surface area (Å²) < 4.78 is 21.2. The highest BCUT2D eigenvalue weighted by molar-refractivity contribution is 5.94. The van der Waals surface area contributed by atoms with Crippen molar-refractivity contribution in [3.63, 3.8) is 0 Å². The first-order chi connectivity index (χ1) is 11.3. The van der Waals surface area contributed by atoms with Crippen molar-refractivity contribution in [3.8, 4) is 23.0 Å². The molecule has 1 N–H and O–H groups in total. The zero-order valence-corrected chi connectivity index (χ0v) is 12.7. The Morgan fingerprint density at radius 2 is 1.96 bits per heavy atom. The predicted octanol–water partition coefficient (Wildman–Crippen LogP) is 2.23. The van der Waals surface area contributed by atoms with Crippen molar-refractivity contribution in [3.05, 3.63) is 48.0 Å². The Morgan fingerprint density at radius 1 is 1.13 bits per heavy atom. The molecule has 2 aromatic rings. The first-order valence-corrected chi connectivity index (χ1v) is 7.21. The second-order valence-electron chi connectivity index (χ2n) is 4.85. The van der Waals surface area contributed by atoms with Crippen molar-refractivity contribution < 1.29 is 23.7 Å². The summed E-state index contributed by atoms with van der Waals surface area (Å²) in [4.78, 5) is 12.1. The van der Waals surface area contributed by atoms with Crippen LogP contribution < -0.4 is 24.3 Å². The van der Waals surface area contributed by atoms with Gasteiger partial charge in [0, 0.05) is 11.6 Å². The largest absolute Gasteiger partial charge is 0.497 e. The molecule has 0 saturated carbocycles. The first kappa shape index (κ1) is 15.0. The van der Waals surface area contributed by atoms with E-state index in [-0.39, 0.29) is 12.7 Å². The predicted molar refractivity (Wildman–Crippen MR) is 83.4 cm³/mol. The molecule has 1 aliphatic rings. The van der Waals surface area contributed by atoms with E-state index >= 15 is 0 Å². The summed E-state index contributed by atoms with van der Waals surface area (Å²) in [5.74, 6) is 2.49. The highest BCUT2D eigenvalue weighted by Crippen LogP contribution is 2.32. The van der Waals surface area contributed by atoms with Gasteiger partial charge in [-0.2, -0.15) is 0 Å². The third kappa shape index (κ3) is 3.66. The maximum absolute atomic E-state index is 12.1. The van der Waals surface area contributed by atoms with Crippen molar-refractivity contribution in [2.45, 2.75) is 0 Å². The van der Waals surface area contributed by atoms with Crippen LogP contribution in [0.4, 0.5) is 0 Å². The lowest BCUT2D eigenvalue weighted by molar-refractivity contribution is 0.0946. The van der Waals surface area contributed by atoms with Crippen LogP contribution in [0.1, 0.15) is 10.4 Å². The molecule has 0 bridgehead atoms. The Hall–Kier alpha value is -2.89. The number of carbonyl (C=O) groups is 1. The van der Waals surface area contributed by atoms with Gasteiger partial charge in [0.15, 0.2) is 11.5 Å². The minimum absolute atomic E-state index is 0.183. The van der Waals surface area contributed by atoms with E-state index < -0.39 is 0 Å². The number of benzene rings is 2. The van der Waals surface area contributed by atoms with E-state index in [1.807, 2.05) is 18.2 Å². The fourth-order valence-electron chi connectivity index (χ4n) is 2.16. The molecule has 23 heavy (non-hydrogen) atoms. The Morgan fingerprint density at radius 3 is 2.83 bits per heavy atom. The molecule has 0 spiro atoms. The summed E-state index contributed by atoms with van der Waals surface area (Å²) in [5.41, 5.74) is 0.524. The smallest absolute Gasteiger partial charge is 0.251 e. The maximum atomic E-state index is 12.1. The summed E-state index contributed by atoms with van der Waals surface area (Å²) in [6.07, 6.45) is 0. The van der Waals surface area contributed by atoms with Crippen LogP contribution >= 0.6 is 0 Å². The number of hydrogen-bond donors (Lipinski definition) is 1. The van der Waals surface area contributed by atoms with E-state index in [2.05, 4.69) is 5.32 Å². The molecule has 1 heterocycles. The number of nitrogens with one attached hydrogen (secondary N) is 1. The van der Waals surface area contributed by atoms with Crippen LogP contribution in [0.5, 0.6) is 23.0 Å². The van der Waals surface area contributed by atoms with E-state index in [4.69, 9.17) is 18.9 Å². The summed E-state index contributed by atoms with van der Waals surface area (Å²) in [6, 6.07) is 12.4. The van der Waals surface area contributed by atoms with Gasteiger partial charge in [-0.05, 0) is 30.3 Å². The third-order valence-electron chi connectivity index (χ3n) is 3.33. The summed E-state index contributed by atoms with van der Waals surface area (Å²) in [6.45, 7) is 0.947. The Labute approximate surface area is 133 Å². The molecule has 0 fully saturated rings. The number of fused-ring (bicyclic) bond motifs is 1. The normalized spacial score (nSPS) is 11.9. The lowest BCUT2D eigenvalue weighted by Crippen LogP contribution is -2.28. The van der Waals surface area contributed by atoms with Gasteiger partial charge < -0.3 is 24.3 Å². The number of rotatable bonds is 6. The monoisotopic (exact) mass is 315 g/mol. The Balaban J connectivity index is 1.47. The number of carbonyl (C=O) groups excluding carboxylic acids is 1. The zero-order chi connectivity index (χ0) is 16.1. The molecular formula is C17H17NO5. The average molecular weight is 315 g/mol. The van der Waals surface area contributed by atoms with Crippen LogP contribution in [-0.2, 0) is 0 Å². The van der Waals surface area contributed by atoms with Crippen molar-refractivity contribution in [2.75, 3.05) is 27.1 Å². The highest BCUT2D eigenvalue weighted by Gasteiger charge is 2.15. The van der Waals surface area contributed by atoms with E-state index in [1.165, 1.54) is 0 Å². The molecule has 6 heteroatoms. The van der Waals surface area contributed by atoms with Crippen molar-refractivity contribution in [1.82, 2.24) is 5.32 Å². The molecule has 0 unspecified atom stereocenters. The molecule has 0 aromatic heterocycles. The van der Waals surface area contributed by atoms with E-state index in [9.17, 15) is 4.79 Å². The maximum Gasteiger partial charge on any atom is 0.251 e. The van der Waals surface area contributed by atoms with Gasteiger partial charge in [-0.3, -0.25) is 4.79 Å². The summed E-state index contributed by atoms with van der Waals surface area (Å²) in [5, 5.41) is 2.80. The van der Waals surface area contributed by atoms with Gasteiger partial charge in [0.1, 0.15) is 18.1 Å². The van der Waals surface area contributed by atoms with Gasteiger partial charge in [-0.1, -0.05) is 6.07 Å². The van der Waals surface area contributed by atoms with Crippen LogP contribution in [0.2, 0.25) is 0 Å². The molecule has 0 atom stereocenters. The van der Waals surface area contributed by atoms with Crippen LogP contribution in [-0.4, -0.2) is 33.0 Å². The SMILES string of the molecule is COc1cccc(OCCNC(=O)c2ccc3c(c2)OCO3)c1. The zero-order valence-electron chi connectivity index (χ0n) is 12.7. The summed E-state index contributed by atoms with van der Waals surface area (Å²) >= 11 is 0. The molecule has 120 valence electrons. The van der Waals surface area contributed by atoms with Gasteiger partial charge in [0.2, 0.25) is 6.79 Å². The minimum atomic E-state index is -0.183. The molecule has 3 rings (SSSR count). The lowest BCUT2D eigenvalue weighted by Gasteiger charge is -2.09. The van der Waals surface area contributed by atoms with E-state index in [0.29, 0.717) is 36.0 Å². The molecule has 0 aliphatic carbocycles. The number of hydrogen-bond acceptors (Lipinski definition) is 5. The summed E-state index contributed by atoms with van der Waals surface area (Å²) in [7, 11) is 1.60. The molecule has 6 nitrogen and oxygen atoms in total. The number of methoxy groups -OCH3 is 1. The van der Waals surface area contributed by atoms with Gasteiger partial charge in [0.25, 0.3) is 5.91 Å². The van der Waals surface area contributed by atoms with Crippen LogP contribution in [0.3, 0.4) is 0 Å². The van der Waals surface area contributed by atoms with Crippen molar-refractivity contribution >= 4 is 5.91 Å². The molecule has 2 aromatic carbocycles. The fourth-order valence-corrected chi connectivity index (χ4v) is 2.16. The molecule has 1 aliphatic heterocycles. The molecule has 1 amide bonds. The Kier molecular flexibility index (Phi) is 4.52. The van der Waals surface area contributed by atoms with Gasteiger partial charge in [-0.15, -0.1) is 0 Å². The number of ether oxygens (including phenoxy) is 4. The Bertz CT molecular complexity index is 701. The van der Waals surface area contributed by atoms with Gasteiger partial charge >= 0.3 is 0 Å². The molecular weight excluding hydrogens is 298 g/mol. The fraction of sp³-hybridized carbons (Fsp3) is 0.235. The van der Waals surface area contributed by atoms with Crippen LogP contribution in [0, 0.1) is 0 Å². The molecule has 0 saturated heterocycles. The van der Waals surface area contributed by atoms with Crippen LogP contribution in [0.25, 0.3) is 0 Å². The minimum Gasteiger partial charge on any atom is -0.497 e. The lowest BCUT2D eigenvalue weighted by atomic mass is 10.2. The van der Waals surface area contributed by atoms with Crippen LogP contribution in [0.15, 0.2) is 42.5 Å². The van der Waals surface area contributed by atoms with E-state index in [1.54, 1.807) is 31.4 Å². The van der Waals surface area contributed by atoms with Gasteiger partial charge in [-0.25, -0.2) is 0 Å². The first-order valence-electron chi connectivity index (χ1n) is 7.21. The van der Waals surface area contributed by atoms with Crippen molar-refractivity contribution in [2.24, 2.45) is 0 Å². The highest BCUT2D eigenvalue weighted by atomic mass is 16.7. The molecule has 0 radical (unpaired) electrons. The van der Waals surface area contributed by atoms with E-state index in [0.717, 1.165) is 5.75 Å². The van der Waals surface area contributed by atoms with Gasteiger partial charge in [0.05, 0.1) is 13.7 Å².